The molecule has 0 aliphatic carbocycles. The number of rotatable bonds is 27. The van der Waals surface area contributed by atoms with Crippen molar-refractivity contribution in [3.8, 4) is 34.1 Å². The predicted octanol–water partition coefficient (Wildman–Crippen LogP) is 8.33. The van der Waals surface area contributed by atoms with Gasteiger partial charge in [0.2, 0.25) is 0 Å². The lowest BCUT2D eigenvalue weighted by atomic mass is 9.92. The average Bonchev–Trinajstić information content (AvgIpc) is 3.36. The first kappa shape index (κ1) is 54.4. The van der Waals surface area contributed by atoms with Crippen LogP contribution in [0, 0.1) is 13.8 Å². The molecule has 2 heterocycles. The maximum atomic E-state index is 11.9. The van der Waals surface area contributed by atoms with Gasteiger partial charge in [0.05, 0.1) is 10.0 Å². The molecule has 0 radical (unpaired) electrons. The minimum Gasteiger partial charge on any atom is -0.488 e. The number of carbonyl (C=O) groups is 2. The van der Waals surface area contributed by atoms with Gasteiger partial charge in [-0.05, 0) is 84.3 Å². The van der Waals surface area contributed by atoms with Crippen LogP contribution in [0.3, 0.4) is 0 Å². The molecule has 4 aromatic carbocycles. The molecule has 0 bridgehead atoms. The SMILES string of the molecule is CN=Cc1cncc(COc2cc(OCc3cccc(-c4cccc(COc5cc(OCc6cncc(C=NC)c6)c(CN[C@H](CCO)C(=O)O)cc5Cl)c4C)c3C)c(Cl)cc2CN[C@@H](CCO)C(=O)O)c1. The number of hydrogen-bond donors (Lipinski definition) is 6. The first-order valence-corrected chi connectivity index (χ1v) is 23.8. The van der Waals surface area contributed by atoms with Crippen molar-refractivity contribution in [3.63, 3.8) is 0 Å². The molecule has 0 fully saturated rings. The second kappa shape index (κ2) is 27.1. The van der Waals surface area contributed by atoms with Crippen LogP contribution in [0.1, 0.15) is 68.5 Å². The number of carboxylic acids is 2. The molecule has 0 unspecified atom stereocenters. The molecule has 6 N–H and O–H groups in total. The van der Waals surface area contributed by atoms with E-state index in [1.165, 1.54) is 0 Å². The molecule has 16 nitrogen and oxygen atoms in total. The Bertz CT molecular complexity index is 2690. The molecule has 0 aliphatic rings. The number of pyridine rings is 2. The number of aliphatic carboxylic acids is 2. The summed E-state index contributed by atoms with van der Waals surface area (Å²) < 4.78 is 25.4. The third kappa shape index (κ3) is 15.1. The minimum absolute atomic E-state index is 0.0200. The van der Waals surface area contributed by atoms with Gasteiger partial charge in [-0.3, -0.25) is 29.5 Å². The van der Waals surface area contributed by atoms with Crippen molar-refractivity contribution in [2.45, 2.75) is 78.3 Å². The van der Waals surface area contributed by atoms with Gasteiger partial charge in [0, 0.05) is 123 Å². The summed E-state index contributed by atoms with van der Waals surface area (Å²) in [6.45, 7) is 4.28. The number of aliphatic imine (C=N–C) groups is 2. The van der Waals surface area contributed by atoms with Crippen molar-refractivity contribution in [1.29, 1.82) is 0 Å². The lowest BCUT2D eigenvalue weighted by Gasteiger charge is -2.20. The number of halogens is 2. The molecule has 6 rings (SSSR count). The second-order valence-electron chi connectivity index (χ2n) is 16.7. The lowest BCUT2D eigenvalue weighted by Crippen LogP contribution is -2.37. The molecule has 0 saturated heterocycles. The van der Waals surface area contributed by atoms with Gasteiger partial charge < -0.3 is 50.0 Å². The fourth-order valence-corrected chi connectivity index (χ4v) is 8.26. The number of carboxylic acid groups (broad SMARTS) is 2. The largest absolute Gasteiger partial charge is 0.488 e. The van der Waals surface area contributed by atoms with Gasteiger partial charge >= 0.3 is 11.9 Å². The molecular weight excluding hydrogens is 964 g/mol. The van der Waals surface area contributed by atoms with Gasteiger partial charge in [0.15, 0.2) is 0 Å². The standard InChI is InChI=1S/C54H58Cl2N6O10/c1-33-39(31-71-51-19-49(69-29-37-15-35(21-57-3)23-59-25-37)41(17-45(51)55)27-61-47(11-13-63)53(65)66)7-5-9-43(33)44-10-6-8-40(34(44)2)32-72-52-20-50(70-30-38-16-36(22-58-4)24-60-26-38)42(18-46(52)56)28-62-48(12-14-64)54(67)68/h5-10,15-26,47-48,61-64H,11-14,27-32H2,1-4H3,(H,65,66)(H,67,68)/t47-,48+. The summed E-state index contributed by atoms with van der Waals surface area (Å²) in [6, 6.07) is 20.6. The smallest absolute Gasteiger partial charge is 0.320 e. The summed E-state index contributed by atoms with van der Waals surface area (Å²) in [4.78, 5) is 40.4. The summed E-state index contributed by atoms with van der Waals surface area (Å²) in [6.07, 6.45) is 10.2. The molecule has 0 saturated carbocycles. The normalized spacial score (nSPS) is 12.3. The molecule has 72 heavy (non-hydrogen) atoms. The Labute approximate surface area is 428 Å². The molecule has 0 spiro atoms. The van der Waals surface area contributed by atoms with Crippen LogP contribution < -0.4 is 29.6 Å². The number of hydrogen-bond acceptors (Lipinski definition) is 14. The zero-order valence-electron chi connectivity index (χ0n) is 40.4. The monoisotopic (exact) mass is 1020 g/mol. The van der Waals surface area contributed by atoms with E-state index in [0.717, 1.165) is 55.6 Å². The van der Waals surface area contributed by atoms with Crippen molar-refractivity contribution in [3.05, 3.63) is 163 Å². The highest BCUT2D eigenvalue weighted by molar-refractivity contribution is 6.32. The number of nitrogens with one attached hydrogen (secondary N) is 2. The maximum Gasteiger partial charge on any atom is 0.320 e. The number of benzene rings is 4. The number of aliphatic hydroxyl groups excluding tert-OH is 2. The number of ether oxygens (including phenoxy) is 4. The Morgan fingerprint density at radius 2 is 0.986 bits per heavy atom. The minimum atomic E-state index is -1.09. The van der Waals surface area contributed by atoms with Gasteiger partial charge in [-0.2, -0.15) is 0 Å². The first-order valence-electron chi connectivity index (χ1n) is 23.0. The highest BCUT2D eigenvalue weighted by atomic mass is 35.5. The molecular formula is C54H58Cl2N6O10. The van der Waals surface area contributed by atoms with Crippen LogP contribution in [-0.4, -0.2) is 94.2 Å². The van der Waals surface area contributed by atoms with Crippen molar-refractivity contribution < 1.29 is 49.0 Å². The number of aromatic nitrogens is 2. The molecule has 0 aliphatic heterocycles. The molecule has 0 amide bonds. The Morgan fingerprint density at radius 3 is 1.36 bits per heavy atom. The van der Waals surface area contributed by atoms with Crippen LogP contribution in [0.25, 0.3) is 11.1 Å². The fraction of sp³-hybridized carbons (Fsp3) is 0.296. The van der Waals surface area contributed by atoms with Gasteiger partial charge in [0.1, 0.15) is 61.5 Å². The van der Waals surface area contributed by atoms with E-state index in [1.54, 1.807) is 75.6 Å². The first-order chi connectivity index (χ1) is 34.8. The van der Waals surface area contributed by atoms with E-state index in [1.807, 2.05) is 62.4 Å². The van der Waals surface area contributed by atoms with E-state index in [-0.39, 0.29) is 65.6 Å². The summed E-state index contributed by atoms with van der Waals surface area (Å²) in [5.41, 5.74) is 10.2. The van der Waals surface area contributed by atoms with Gasteiger partial charge in [-0.1, -0.05) is 59.6 Å². The van der Waals surface area contributed by atoms with Crippen molar-refractivity contribution >= 4 is 47.6 Å². The third-order valence-electron chi connectivity index (χ3n) is 11.7. The van der Waals surface area contributed by atoms with Crippen LogP contribution in [0.2, 0.25) is 10.0 Å². The Hall–Kier alpha value is -6.92. The quantitative estimate of drug-likeness (QED) is 0.0267. The zero-order chi connectivity index (χ0) is 51.6. The highest BCUT2D eigenvalue weighted by Crippen LogP contribution is 2.37. The lowest BCUT2D eigenvalue weighted by molar-refractivity contribution is -0.140. The van der Waals surface area contributed by atoms with Gasteiger partial charge in [-0.15, -0.1) is 0 Å². The number of nitrogens with zero attached hydrogens (tertiary/aromatic N) is 4. The molecule has 18 heteroatoms. The second-order valence-corrected chi connectivity index (χ2v) is 17.5. The van der Waals surface area contributed by atoms with Crippen molar-refractivity contribution in [2.24, 2.45) is 9.98 Å². The summed E-state index contributed by atoms with van der Waals surface area (Å²) in [5, 5.41) is 44.8. The zero-order valence-corrected chi connectivity index (χ0v) is 41.9. The van der Waals surface area contributed by atoms with Gasteiger partial charge in [-0.25, -0.2) is 0 Å². The Kier molecular flexibility index (Phi) is 20.4. The van der Waals surface area contributed by atoms with Crippen LogP contribution in [0.4, 0.5) is 0 Å². The van der Waals surface area contributed by atoms with E-state index >= 15 is 0 Å². The van der Waals surface area contributed by atoms with Crippen LogP contribution in [-0.2, 0) is 49.1 Å². The molecule has 6 aromatic rings. The van der Waals surface area contributed by atoms with Crippen molar-refractivity contribution in [1.82, 2.24) is 20.6 Å². The fourth-order valence-electron chi connectivity index (χ4n) is 7.78. The summed E-state index contributed by atoms with van der Waals surface area (Å²) in [7, 11) is 3.35. The van der Waals surface area contributed by atoms with Crippen molar-refractivity contribution in [2.75, 3.05) is 27.3 Å². The predicted molar refractivity (Wildman–Crippen MR) is 277 cm³/mol. The third-order valence-corrected chi connectivity index (χ3v) is 12.3. The molecule has 378 valence electrons. The van der Waals surface area contributed by atoms with Gasteiger partial charge in [0.25, 0.3) is 0 Å². The highest BCUT2D eigenvalue weighted by Gasteiger charge is 2.21. The summed E-state index contributed by atoms with van der Waals surface area (Å²) >= 11 is 13.7. The van der Waals surface area contributed by atoms with Crippen LogP contribution in [0.5, 0.6) is 23.0 Å². The van der Waals surface area contributed by atoms with E-state index < -0.39 is 24.0 Å². The topological polar surface area (TPSA) is 227 Å². The Morgan fingerprint density at radius 1 is 0.583 bits per heavy atom. The molecule has 2 aromatic heterocycles. The molecule has 2 atom stereocenters. The average molecular weight is 1020 g/mol. The summed E-state index contributed by atoms with van der Waals surface area (Å²) in [5.74, 6) is -0.606. The Balaban J connectivity index is 1.21. The van der Waals surface area contributed by atoms with E-state index in [2.05, 4.69) is 30.6 Å². The maximum absolute atomic E-state index is 11.9. The van der Waals surface area contributed by atoms with E-state index in [4.69, 9.17) is 42.1 Å². The van der Waals surface area contributed by atoms with E-state index in [9.17, 15) is 30.0 Å². The van der Waals surface area contributed by atoms with E-state index in [0.29, 0.717) is 44.2 Å². The van der Waals surface area contributed by atoms with Crippen LogP contribution >= 0.6 is 23.2 Å². The number of aliphatic hydroxyl groups is 2. The van der Waals surface area contributed by atoms with Crippen LogP contribution in [0.15, 0.2) is 108 Å².